The van der Waals surface area contributed by atoms with Crippen molar-refractivity contribution in [3.8, 4) is 0 Å². The van der Waals surface area contributed by atoms with Crippen LogP contribution in [0.3, 0.4) is 0 Å². The molecule has 0 aromatic heterocycles. The molecule has 0 saturated heterocycles. The van der Waals surface area contributed by atoms with Crippen LogP contribution in [0.2, 0.25) is 0 Å². The first kappa shape index (κ1) is 26.6. The maximum absolute atomic E-state index is 11.4. The smallest absolute Gasteiger partial charge is 0.109 e. The highest BCUT2D eigenvalue weighted by atomic mass is 16.3. The lowest BCUT2D eigenvalue weighted by molar-refractivity contribution is 0.0152. The molecule has 0 radical (unpaired) electrons. The molecule has 2 rings (SSSR count). The molecule has 2 unspecified atom stereocenters. The van der Waals surface area contributed by atoms with Crippen molar-refractivity contribution >= 4 is 0 Å². The number of hydrogen-bond acceptors (Lipinski definition) is 2. The van der Waals surface area contributed by atoms with Gasteiger partial charge in [-0.1, -0.05) is 119 Å². The zero-order valence-electron chi connectivity index (χ0n) is 22.5. The average molecular weight is 439 g/mol. The highest BCUT2D eigenvalue weighted by Crippen LogP contribution is 2.41. The summed E-state index contributed by atoms with van der Waals surface area (Å²) in [6, 6.07) is 12.6. The molecule has 2 aromatic carbocycles. The van der Waals surface area contributed by atoms with E-state index in [9.17, 15) is 10.2 Å². The van der Waals surface area contributed by atoms with Gasteiger partial charge >= 0.3 is 0 Å². The minimum Gasteiger partial charge on any atom is -0.385 e. The lowest BCUT2D eigenvalue weighted by Crippen LogP contribution is -2.24. The predicted octanol–water partition coefficient (Wildman–Crippen LogP) is 7.64. The van der Waals surface area contributed by atoms with Gasteiger partial charge in [-0.15, -0.1) is 0 Å². The summed E-state index contributed by atoms with van der Waals surface area (Å²) in [6.07, 6.45) is -2.00. The normalized spacial score (nSPS) is 15.6. The van der Waals surface area contributed by atoms with Gasteiger partial charge in [0.1, 0.15) is 12.2 Å². The standard InChI is InChI=1S/C30H46O2/c1-27(2,3)19-13-15-21(23(17-19)29(7,8)9)25(31)26(32)22-16-14-20(28(4,5)6)18-24(22)30(10,11)12/h13-18,25-26,31-32H,1-12H3. The molecule has 0 fully saturated rings. The first-order valence-corrected chi connectivity index (χ1v) is 11.9. The minimum absolute atomic E-state index is 0.0181. The molecule has 0 saturated carbocycles. The SMILES string of the molecule is CC(C)(C)c1ccc(C(O)C(O)c2ccc(C(C)(C)C)cc2C(C)(C)C)c(C(C)(C)C)c1. The molecule has 0 amide bonds. The van der Waals surface area contributed by atoms with Crippen molar-refractivity contribution in [2.45, 2.75) is 117 Å². The first-order chi connectivity index (χ1) is 14.2. The Bertz CT molecular complexity index is 861. The molecule has 0 heterocycles. The van der Waals surface area contributed by atoms with Gasteiger partial charge in [0.05, 0.1) is 0 Å². The highest BCUT2D eigenvalue weighted by Gasteiger charge is 2.32. The molecular formula is C30H46O2. The van der Waals surface area contributed by atoms with Crippen LogP contribution in [0.5, 0.6) is 0 Å². The van der Waals surface area contributed by atoms with E-state index in [-0.39, 0.29) is 21.7 Å². The topological polar surface area (TPSA) is 40.5 Å². The van der Waals surface area contributed by atoms with E-state index in [0.717, 1.165) is 22.3 Å². The van der Waals surface area contributed by atoms with E-state index >= 15 is 0 Å². The van der Waals surface area contributed by atoms with Gasteiger partial charge in [0.25, 0.3) is 0 Å². The quantitative estimate of drug-likeness (QED) is 0.517. The number of hydrogen-bond donors (Lipinski definition) is 2. The van der Waals surface area contributed by atoms with Gasteiger partial charge in [-0.2, -0.15) is 0 Å². The second-order valence-electron chi connectivity index (χ2n) is 13.5. The van der Waals surface area contributed by atoms with Crippen LogP contribution in [0.15, 0.2) is 36.4 Å². The van der Waals surface area contributed by atoms with Gasteiger partial charge in [0.2, 0.25) is 0 Å². The monoisotopic (exact) mass is 438 g/mol. The fraction of sp³-hybridized carbons (Fsp3) is 0.600. The molecule has 2 aromatic rings. The predicted molar refractivity (Wildman–Crippen MR) is 138 cm³/mol. The van der Waals surface area contributed by atoms with Crippen LogP contribution in [-0.4, -0.2) is 10.2 Å². The Kier molecular flexibility index (Phi) is 7.16. The number of aliphatic hydroxyl groups is 2. The molecule has 0 bridgehead atoms. The number of rotatable bonds is 3. The summed E-state index contributed by atoms with van der Waals surface area (Å²) in [5, 5.41) is 22.9. The second-order valence-corrected chi connectivity index (χ2v) is 13.5. The van der Waals surface area contributed by atoms with Gasteiger partial charge in [-0.05, 0) is 55.0 Å². The molecule has 2 nitrogen and oxygen atoms in total. The maximum Gasteiger partial charge on any atom is 0.109 e. The van der Waals surface area contributed by atoms with Gasteiger partial charge < -0.3 is 10.2 Å². The van der Waals surface area contributed by atoms with Crippen molar-refractivity contribution in [2.24, 2.45) is 0 Å². The Morgan fingerprint density at radius 1 is 0.469 bits per heavy atom. The molecule has 2 heteroatoms. The summed E-state index contributed by atoms with van der Waals surface area (Å²) in [6.45, 7) is 26.2. The van der Waals surface area contributed by atoms with Crippen LogP contribution in [-0.2, 0) is 21.7 Å². The van der Waals surface area contributed by atoms with E-state index in [1.807, 2.05) is 12.1 Å². The molecule has 0 aliphatic rings. The third-order valence-electron chi connectivity index (χ3n) is 6.39. The summed E-state index contributed by atoms with van der Waals surface area (Å²) in [4.78, 5) is 0. The third kappa shape index (κ3) is 5.83. The molecule has 0 aliphatic heterocycles. The summed E-state index contributed by atoms with van der Waals surface area (Å²) < 4.78 is 0. The molecule has 2 atom stereocenters. The second kappa shape index (κ2) is 8.61. The van der Waals surface area contributed by atoms with E-state index in [1.165, 1.54) is 11.1 Å². The summed E-state index contributed by atoms with van der Waals surface area (Å²) in [7, 11) is 0. The van der Waals surface area contributed by atoms with Crippen molar-refractivity contribution < 1.29 is 10.2 Å². The Labute approximate surface area is 197 Å². The fourth-order valence-electron chi connectivity index (χ4n) is 4.20. The van der Waals surface area contributed by atoms with Crippen LogP contribution in [0.4, 0.5) is 0 Å². The number of benzene rings is 2. The molecule has 32 heavy (non-hydrogen) atoms. The van der Waals surface area contributed by atoms with Crippen LogP contribution >= 0.6 is 0 Å². The van der Waals surface area contributed by atoms with Crippen LogP contribution in [0, 0.1) is 0 Å². The molecule has 0 spiro atoms. The lowest BCUT2D eigenvalue weighted by Gasteiger charge is -2.33. The van der Waals surface area contributed by atoms with Crippen LogP contribution in [0.1, 0.15) is 129 Å². The van der Waals surface area contributed by atoms with Crippen molar-refractivity contribution in [1.29, 1.82) is 0 Å². The Morgan fingerprint density at radius 2 is 0.750 bits per heavy atom. The zero-order valence-corrected chi connectivity index (χ0v) is 22.5. The largest absolute Gasteiger partial charge is 0.385 e. The van der Waals surface area contributed by atoms with Crippen LogP contribution in [0.25, 0.3) is 0 Å². The molecular weight excluding hydrogens is 392 g/mol. The molecule has 178 valence electrons. The fourth-order valence-corrected chi connectivity index (χ4v) is 4.20. The van der Waals surface area contributed by atoms with Gasteiger partial charge in [-0.3, -0.25) is 0 Å². The summed E-state index contributed by atoms with van der Waals surface area (Å²) in [5.41, 5.74) is 5.97. The lowest BCUT2D eigenvalue weighted by atomic mass is 9.74. The van der Waals surface area contributed by atoms with Crippen molar-refractivity contribution in [3.63, 3.8) is 0 Å². The average Bonchev–Trinajstić information content (AvgIpc) is 2.63. The van der Waals surface area contributed by atoms with Crippen LogP contribution < -0.4 is 0 Å². The van der Waals surface area contributed by atoms with Gasteiger partial charge in [0, 0.05) is 0 Å². The van der Waals surface area contributed by atoms with Crippen molar-refractivity contribution in [3.05, 3.63) is 69.8 Å². The summed E-state index contributed by atoms with van der Waals surface area (Å²) in [5.74, 6) is 0. The van der Waals surface area contributed by atoms with E-state index in [1.54, 1.807) is 0 Å². The Balaban J connectivity index is 2.63. The van der Waals surface area contributed by atoms with Gasteiger partial charge in [-0.25, -0.2) is 0 Å². The highest BCUT2D eigenvalue weighted by molar-refractivity contribution is 5.44. The maximum atomic E-state index is 11.4. The Hall–Kier alpha value is -1.64. The molecule has 2 N–H and O–H groups in total. The van der Waals surface area contributed by atoms with Crippen molar-refractivity contribution in [1.82, 2.24) is 0 Å². The Morgan fingerprint density at radius 3 is 0.969 bits per heavy atom. The van der Waals surface area contributed by atoms with Gasteiger partial charge in [0.15, 0.2) is 0 Å². The van der Waals surface area contributed by atoms with E-state index in [2.05, 4.69) is 107 Å². The zero-order chi connectivity index (χ0) is 24.9. The number of aliphatic hydroxyl groups excluding tert-OH is 2. The van der Waals surface area contributed by atoms with E-state index < -0.39 is 12.2 Å². The minimum atomic E-state index is -1.00. The summed E-state index contributed by atoms with van der Waals surface area (Å²) >= 11 is 0. The van der Waals surface area contributed by atoms with E-state index in [4.69, 9.17) is 0 Å². The molecule has 0 aliphatic carbocycles. The van der Waals surface area contributed by atoms with Crippen molar-refractivity contribution in [2.75, 3.05) is 0 Å². The first-order valence-electron chi connectivity index (χ1n) is 11.9. The third-order valence-corrected chi connectivity index (χ3v) is 6.39. The van der Waals surface area contributed by atoms with E-state index in [0.29, 0.717) is 0 Å².